The zero-order valence-electron chi connectivity index (χ0n) is 12.4. The van der Waals surface area contributed by atoms with Gasteiger partial charge >= 0.3 is 0 Å². The second-order valence-corrected chi connectivity index (χ2v) is 5.94. The third-order valence-electron chi connectivity index (χ3n) is 3.74. The van der Waals surface area contributed by atoms with Gasteiger partial charge in [-0.25, -0.2) is 0 Å². The van der Waals surface area contributed by atoms with Gasteiger partial charge in [-0.3, -0.25) is 14.9 Å². The first-order chi connectivity index (χ1) is 9.90. The van der Waals surface area contributed by atoms with Crippen LogP contribution in [0.4, 0.5) is 5.69 Å². The van der Waals surface area contributed by atoms with Gasteiger partial charge in [0.05, 0.1) is 11.0 Å². The average Bonchev–Trinajstić information content (AvgIpc) is 2.43. The molecule has 2 unspecified atom stereocenters. The van der Waals surface area contributed by atoms with Gasteiger partial charge < -0.3 is 10.6 Å². The molecular formula is C15H21N3O3. The predicted molar refractivity (Wildman–Crippen MR) is 79.6 cm³/mol. The van der Waals surface area contributed by atoms with Crippen molar-refractivity contribution in [2.24, 2.45) is 11.7 Å². The molecule has 0 aliphatic carbocycles. The van der Waals surface area contributed by atoms with Crippen molar-refractivity contribution in [2.75, 3.05) is 6.54 Å². The number of nitro groups is 1. The summed E-state index contributed by atoms with van der Waals surface area (Å²) in [6, 6.07) is 5.95. The number of carbonyl (C=O) groups is 1. The third kappa shape index (κ3) is 3.39. The first-order valence-electron chi connectivity index (χ1n) is 7.19. The van der Waals surface area contributed by atoms with Crippen LogP contribution in [0.5, 0.6) is 0 Å². The Balaban J connectivity index is 2.38. The van der Waals surface area contributed by atoms with Crippen molar-refractivity contribution in [1.29, 1.82) is 0 Å². The van der Waals surface area contributed by atoms with Crippen LogP contribution in [-0.4, -0.2) is 28.3 Å². The van der Waals surface area contributed by atoms with Gasteiger partial charge in [0.1, 0.15) is 0 Å². The van der Waals surface area contributed by atoms with E-state index in [1.54, 1.807) is 11.0 Å². The van der Waals surface area contributed by atoms with Gasteiger partial charge in [0.2, 0.25) is 5.91 Å². The summed E-state index contributed by atoms with van der Waals surface area (Å²) >= 11 is 0. The largest absolute Gasteiger partial charge is 0.334 e. The van der Waals surface area contributed by atoms with Crippen LogP contribution in [0.25, 0.3) is 0 Å². The molecule has 1 heterocycles. The number of benzene rings is 1. The van der Waals surface area contributed by atoms with Gasteiger partial charge in [-0.1, -0.05) is 26.0 Å². The number of piperidine rings is 1. The minimum Gasteiger partial charge on any atom is -0.334 e. The molecule has 1 amide bonds. The molecule has 1 aromatic rings. The number of nitrogens with two attached hydrogens (primary N) is 1. The maximum Gasteiger partial charge on any atom is 0.269 e. The quantitative estimate of drug-likeness (QED) is 0.680. The Morgan fingerprint density at radius 1 is 1.48 bits per heavy atom. The molecule has 1 saturated heterocycles. The van der Waals surface area contributed by atoms with E-state index in [4.69, 9.17) is 5.73 Å². The minimum atomic E-state index is -0.424. The highest BCUT2D eigenvalue weighted by Crippen LogP contribution is 2.33. The van der Waals surface area contributed by atoms with Crippen LogP contribution in [0.3, 0.4) is 0 Å². The van der Waals surface area contributed by atoms with E-state index in [9.17, 15) is 14.9 Å². The summed E-state index contributed by atoms with van der Waals surface area (Å²) in [4.78, 5) is 24.5. The summed E-state index contributed by atoms with van der Waals surface area (Å²) in [5, 5.41) is 10.9. The zero-order valence-corrected chi connectivity index (χ0v) is 12.4. The molecule has 0 bridgehead atoms. The van der Waals surface area contributed by atoms with Crippen LogP contribution in [0.1, 0.15) is 38.3 Å². The zero-order chi connectivity index (χ0) is 15.6. The van der Waals surface area contributed by atoms with Crippen molar-refractivity contribution < 1.29 is 9.72 Å². The number of amides is 1. The topological polar surface area (TPSA) is 89.5 Å². The lowest BCUT2D eigenvalue weighted by Crippen LogP contribution is -2.49. The fraction of sp³-hybridized carbons (Fsp3) is 0.533. The van der Waals surface area contributed by atoms with Crippen LogP contribution in [-0.2, 0) is 4.79 Å². The fourth-order valence-electron chi connectivity index (χ4n) is 2.84. The van der Waals surface area contributed by atoms with Crippen molar-refractivity contribution in [3.8, 4) is 0 Å². The van der Waals surface area contributed by atoms with E-state index in [1.807, 2.05) is 19.9 Å². The van der Waals surface area contributed by atoms with Gasteiger partial charge in [-0.15, -0.1) is 0 Å². The Labute approximate surface area is 124 Å². The molecule has 114 valence electrons. The number of nitrogens with zero attached hydrogens (tertiary/aromatic N) is 2. The molecule has 2 N–H and O–H groups in total. The first-order valence-corrected chi connectivity index (χ1v) is 7.19. The highest BCUT2D eigenvalue weighted by atomic mass is 16.6. The smallest absolute Gasteiger partial charge is 0.269 e. The Bertz CT molecular complexity index is 545. The Morgan fingerprint density at radius 2 is 2.19 bits per heavy atom. The van der Waals surface area contributed by atoms with Crippen LogP contribution in [0.15, 0.2) is 24.3 Å². The lowest BCUT2D eigenvalue weighted by molar-refractivity contribution is -0.385. The van der Waals surface area contributed by atoms with Crippen molar-refractivity contribution in [3.05, 3.63) is 39.9 Å². The van der Waals surface area contributed by atoms with E-state index < -0.39 is 4.92 Å². The van der Waals surface area contributed by atoms with E-state index in [0.717, 1.165) is 5.56 Å². The van der Waals surface area contributed by atoms with Gasteiger partial charge in [-0.2, -0.15) is 0 Å². The summed E-state index contributed by atoms with van der Waals surface area (Å²) < 4.78 is 0. The van der Waals surface area contributed by atoms with E-state index in [1.165, 1.54) is 12.1 Å². The van der Waals surface area contributed by atoms with E-state index in [0.29, 0.717) is 25.3 Å². The van der Waals surface area contributed by atoms with Gasteiger partial charge in [0.15, 0.2) is 0 Å². The molecular weight excluding hydrogens is 270 g/mol. The number of nitro benzene ring substituents is 1. The van der Waals surface area contributed by atoms with Crippen molar-refractivity contribution >= 4 is 11.6 Å². The van der Waals surface area contributed by atoms with Crippen molar-refractivity contribution in [2.45, 2.75) is 38.8 Å². The summed E-state index contributed by atoms with van der Waals surface area (Å²) in [7, 11) is 0. The Kier molecular flexibility index (Phi) is 4.57. The summed E-state index contributed by atoms with van der Waals surface area (Å²) in [6.07, 6.45) is 1.06. The van der Waals surface area contributed by atoms with E-state index in [-0.39, 0.29) is 23.7 Å². The van der Waals surface area contributed by atoms with Crippen molar-refractivity contribution in [1.82, 2.24) is 4.90 Å². The maximum atomic E-state index is 12.2. The molecule has 21 heavy (non-hydrogen) atoms. The maximum absolute atomic E-state index is 12.2. The predicted octanol–water partition coefficient (Wildman–Crippen LogP) is 2.24. The fourth-order valence-corrected chi connectivity index (χ4v) is 2.84. The van der Waals surface area contributed by atoms with Crippen molar-refractivity contribution in [3.63, 3.8) is 0 Å². The molecule has 0 saturated carbocycles. The number of carbonyl (C=O) groups excluding carboxylic acids is 1. The highest BCUT2D eigenvalue weighted by molar-refractivity contribution is 5.78. The van der Waals surface area contributed by atoms with Crippen LogP contribution in [0.2, 0.25) is 0 Å². The monoisotopic (exact) mass is 291 g/mol. The highest BCUT2D eigenvalue weighted by Gasteiger charge is 2.35. The van der Waals surface area contributed by atoms with Gasteiger partial charge in [-0.05, 0) is 17.9 Å². The average molecular weight is 291 g/mol. The summed E-state index contributed by atoms with van der Waals surface area (Å²) in [5.74, 6) is 0.391. The minimum absolute atomic E-state index is 0.0298. The molecule has 1 aliphatic heterocycles. The molecule has 0 radical (unpaired) electrons. The summed E-state index contributed by atoms with van der Waals surface area (Å²) in [6.45, 7) is 4.69. The molecule has 6 nitrogen and oxygen atoms in total. The van der Waals surface area contributed by atoms with Crippen LogP contribution >= 0.6 is 0 Å². The third-order valence-corrected chi connectivity index (χ3v) is 3.74. The normalized spacial score (nSPS) is 22.7. The lowest BCUT2D eigenvalue weighted by atomic mass is 9.89. The van der Waals surface area contributed by atoms with Gasteiger partial charge in [0, 0.05) is 31.1 Å². The molecule has 1 aromatic carbocycles. The number of likely N-dealkylation sites (tertiary alicyclic amines) is 1. The molecule has 1 aliphatic rings. The Hall–Kier alpha value is -1.95. The molecule has 2 rings (SSSR count). The molecule has 2 atom stereocenters. The van der Waals surface area contributed by atoms with E-state index >= 15 is 0 Å². The molecule has 0 aromatic heterocycles. The standard InChI is InChI=1S/C15H21N3O3/c1-10(2)9-17-14(19)7-6-13(16)15(17)11-4-3-5-12(8-11)18(20)21/h3-5,8,10,13,15H,6-7,9,16H2,1-2H3. The summed E-state index contributed by atoms with van der Waals surface area (Å²) in [5.41, 5.74) is 6.97. The second kappa shape index (κ2) is 6.22. The lowest BCUT2D eigenvalue weighted by Gasteiger charge is -2.40. The number of rotatable bonds is 4. The van der Waals surface area contributed by atoms with E-state index in [2.05, 4.69) is 0 Å². The number of hydrogen-bond acceptors (Lipinski definition) is 4. The number of non-ortho nitro benzene ring substituents is 1. The first kappa shape index (κ1) is 15.4. The second-order valence-electron chi connectivity index (χ2n) is 5.94. The molecule has 6 heteroatoms. The van der Waals surface area contributed by atoms with Crippen LogP contribution in [0, 0.1) is 16.0 Å². The molecule has 0 spiro atoms. The number of hydrogen-bond donors (Lipinski definition) is 1. The van der Waals surface area contributed by atoms with Crippen LogP contribution < -0.4 is 5.73 Å². The van der Waals surface area contributed by atoms with Gasteiger partial charge in [0.25, 0.3) is 5.69 Å². The Morgan fingerprint density at radius 3 is 2.81 bits per heavy atom. The SMILES string of the molecule is CC(C)CN1C(=O)CCC(N)C1c1cccc([N+](=O)[O-])c1. The molecule has 1 fully saturated rings.